The summed E-state index contributed by atoms with van der Waals surface area (Å²) in [5, 5.41) is 15.2. The second-order valence-electron chi connectivity index (χ2n) is 5.19. The maximum atomic E-state index is 11.8. The van der Waals surface area contributed by atoms with Gasteiger partial charge in [0.05, 0.1) is 6.04 Å². The highest BCUT2D eigenvalue weighted by Crippen LogP contribution is 2.47. The third kappa shape index (κ3) is 2.95. The number of carbonyl (C=O) groups excluding carboxylic acids is 1. The molecule has 2 fully saturated rings. The zero-order valence-electron chi connectivity index (χ0n) is 9.80. The molecule has 0 aromatic carbocycles. The average Bonchev–Trinajstić information content (AvgIpc) is 3.08. The normalized spacial score (nSPS) is 27.4. The summed E-state index contributed by atoms with van der Waals surface area (Å²) in [7, 11) is 0. The first kappa shape index (κ1) is 11.9. The molecule has 2 aliphatic rings. The van der Waals surface area contributed by atoms with Crippen LogP contribution in [0.1, 0.15) is 38.5 Å². The minimum atomic E-state index is 0.0127. The van der Waals surface area contributed by atoms with E-state index in [0.717, 1.165) is 45.2 Å². The van der Waals surface area contributed by atoms with Crippen LogP contribution in [0.4, 0.5) is 0 Å². The lowest BCUT2D eigenvalue weighted by atomic mass is 10.0. The molecule has 1 saturated heterocycles. The van der Waals surface area contributed by atoms with Crippen LogP contribution < -0.4 is 10.6 Å². The van der Waals surface area contributed by atoms with Gasteiger partial charge < -0.3 is 15.7 Å². The third-order valence-electron chi connectivity index (χ3n) is 3.86. The van der Waals surface area contributed by atoms with Crippen LogP contribution in [0.3, 0.4) is 0 Å². The maximum absolute atomic E-state index is 11.8. The quantitative estimate of drug-likeness (QED) is 0.636. The van der Waals surface area contributed by atoms with E-state index in [-0.39, 0.29) is 24.0 Å². The van der Waals surface area contributed by atoms with Crippen LogP contribution in [0.15, 0.2) is 0 Å². The highest BCUT2D eigenvalue weighted by atomic mass is 16.3. The number of carbonyl (C=O) groups is 1. The molecule has 0 spiro atoms. The molecule has 3 N–H and O–H groups in total. The fourth-order valence-electron chi connectivity index (χ4n) is 2.40. The first-order valence-corrected chi connectivity index (χ1v) is 6.38. The minimum absolute atomic E-state index is 0.0127. The Bertz CT molecular complexity index is 245. The largest absolute Gasteiger partial charge is 0.396 e. The second-order valence-corrected chi connectivity index (χ2v) is 5.19. The number of hydrogen-bond donors (Lipinski definition) is 3. The lowest BCUT2D eigenvalue weighted by molar-refractivity contribution is -0.124. The predicted molar refractivity (Wildman–Crippen MR) is 62.0 cm³/mol. The van der Waals surface area contributed by atoms with Gasteiger partial charge in [-0.2, -0.15) is 0 Å². The average molecular weight is 226 g/mol. The summed E-state index contributed by atoms with van der Waals surface area (Å²) in [6.07, 6.45) is 6.40. The van der Waals surface area contributed by atoms with Crippen molar-refractivity contribution < 1.29 is 9.90 Å². The molecular formula is C12H22N2O2. The predicted octanol–water partition coefficient (Wildman–Crippen LogP) is 0.407. The molecular weight excluding hydrogens is 204 g/mol. The van der Waals surface area contributed by atoms with Gasteiger partial charge in [0.2, 0.25) is 5.91 Å². The number of rotatable bonds is 5. The molecule has 2 rings (SSSR count). The highest BCUT2D eigenvalue weighted by molar-refractivity contribution is 5.81. The minimum Gasteiger partial charge on any atom is -0.396 e. The fraction of sp³-hybridized carbons (Fsp3) is 0.917. The van der Waals surface area contributed by atoms with E-state index in [9.17, 15) is 4.79 Å². The van der Waals surface area contributed by atoms with E-state index in [1.54, 1.807) is 0 Å². The first-order chi connectivity index (χ1) is 7.76. The third-order valence-corrected chi connectivity index (χ3v) is 3.86. The van der Waals surface area contributed by atoms with Gasteiger partial charge in [-0.1, -0.05) is 6.42 Å². The highest BCUT2D eigenvalue weighted by Gasteiger charge is 2.42. The molecule has 0 aromatic rings. The summed E-state index contributed by atoms with van der Waals surface area (Å²) in [5.74, 6) is 0.143. The van der Waals surface area contributed by atoms with Gasteiger partial charge in [0.15, 0.2) is 0 Å². The molecule has 92 valence electrons. The summed E-state index contributed by atoms with van der Waals surface area (Å²) in [6, 6.07) is 0.0127. The summed E-state index contributed by atoms with van der Waals surface area (Å²) < 4.78 is 0. The van der Waals surface area contributed by atoms with Crippen molar-refractivity contribution in [3.63, 3.8) is 0 Å². The number of piperidine rings is 1. The van der Waals surface area contributed by atoms with Gasteiger partial charge >= 0.3 is 0 Å². The molecule has 1 aliphatic heterocycles. The fourth-order valence-corrected chi connectivity index (χ4v) is 2.40. The van der Waals surface area contributed by atoms with Gasteiger partial charge in [0.1, 0.15) is 0 Å². The van der Waals surface area contributed by atoms with Gasteiger partial charge in [-0.3, -0.25) is 4.79 Å². The van der Waals surface area contributed by atoms with E-state index in [1.807, 2.05) is 0 Å². The molecule has 4 heteroatoms. The Balaban J connectivity index is 1.70. The van der Waals surface area contributed by atoms with E-state index in [2.05, 4.69) is 10.6 Å². The molecule has 1 saturated carbocycles. The Morgan fingerprint density at radius 1 is 1.44 bits per heavy atom. The Morgan fingerprint density at radius 3 is 2.81 bits per heavy atom. The molecule has 0 aromatic heterocycles. The summed E-state index contributed by atoms with van der Waals surface area (Å²) in [4.78, 5) is 11.8. The molecule has 0 radical (unpaired) electrons. The van der Waals surface area contributed by atoms with Crippen LogP contribution in [0.2, 0.25) is 0 Å². The van der Waals surface area contributed by atoms with Crippen molar-refractivity contribution in [2.75, 3.05) is 19.7 Å². The van der Waals surface area contributed by atoms with Crippen molar-refractivity contribution in [2.45, 2.75) is 44.6 Å². The number of amides is 1. The molecule has 1 atom stereocenters. The van der Waals surface area contributed by atoms with E-state index < -0.39 is 0 Å². The first-order valence-electron chi connectivity index (χ1n) is 6.38. The van der Waals surface area contributed by atoms with Crippen molar-refractivity contribution in [3.05, 3.63) is 0 Å². The van der Waals surface area contributed by atoms with Crippen LogP contribution in [0.5, 0.6) is 0 Å². The monoisotopic (exact) mass is 226 g/mol. The van der Waals surface area contributed by atoms with Crippen LogP contribution in [-0.2, 0) is 4.79 Å². The Kier molecular flexibility index (Phi) is 3.82. The molecule has 0 unspecified atom stereocenters. The smallest absolute Gasteiger partial charge is 0.237 e. The number of hydrogen-bond acceptors (Lipinski definition) is 3. The van der Waals surface area contributed by atoms with E-state index in [1.165, 1.54) is 6.42 Å². The molecule has 1 amide bonds. The zero-order valence-corrected chi connectivity index (χ0v) is 9.80. The topological polar surface area (TPSA) is 61.4 Å². The summed E-state index contributed by atoms with van der Waals surface area (Å²) in [6.45, 7) is 1.93. The van der Waals surface area contributed by atoms with Crippen molar-refractivity contribution in [2.24, 2.45) is 5.41 Å². The van der Waals surface area contributed by atoms with Crippen LogP contribution in [0, 0.1) is 5.41 Å². The SMILES string of the molecule is O=C(NCC1(CCO)CC1)[C@H]1CCCCN1. The Hall–Kier alpha value is -0.610. The summed E-state index contributed by atoms with van der Waals surface area (Å²) >= 11 is 0. The number of nitrogens with one attached hydrogen (secondary N) is 2. The Morgan fingerprint density at radius 2 is 2.25 bits per heavy atom. The maximum Gasteiger partial charge on any atom is 0.237 e. The van der Waals surface area contributed by atoms with Crippen LogP contribution >= 0.6 is 0 Å². The molecule has 4 nitrogen and oxygen atoms in total. The van der Waals surface area contributed by atoms with E-state index in [4.69, 9.17) is 5.11 Å². The van der Waals surface area contributed by atoms with Gasteiger partial charge in [-0.05, 0) is 44.1 Å². The second kappa shape index (κ2) is 5.15. The molecule has 0 bridgehead atoms. The molecule has 1 heterocycles. The van der Waals surface area contributed by atoms with Crippen molar-refractivity contribution in [3.8, 4) is 0 Å². The van der Waals surface area contributed by atoms with Crippen LogP contribution in [-0.4, -0.2) is 36.8 Å². The van der Waals surface area contributed by atoms with Gasteiger partial charge in [-0.15, -0.1) is 0 Å². The van der Waals surface area contributed by atoms with Gasteiger partial charge in [0, 0.05) is 13.2 Å². The van der Waals surface area contributed by atoms with Gasteiger partial charge in [-0.25, -0.2) is 0 Å². The lowest BCUT2D eigenvalue weighted by Crippen LogP contribution is -2.47. The molecule has 1 aliphatic carbocycles. The number of aliphatic hydroxyl groups is 1. The number of aliphatic hydroxyl groups excluding tert-OH is 1. The van der Waals surface area contributed by atoms with Crippen molar-refractivity contribution in [1.29, 1.82) is 0 Å². The van der Waals surface area contributed by atoms with E-state index in [0.29, 0.717) is 0 Å². The Labute approximate surface area is 96.8 Å². The van der Waals surface area contributed by atoms with Crippen molar-refractivity contribution >= 4 is 5.91 Å². The van der Waals surface area contributed by atoms with Crippen LogP contribution in [0.25, 0.3) is 0 Å². The lowest BCUT2D eigenvalue weighted by Gasteiger charge is -2.24. The molecule has 16 heavy (non-hydrogen) atoms. The van der Waals surface area contributed by atoms with Crippen molar-refractivity contribution in [1.82, 2.24) is 10.6 Å². The standard InChI is InChI=1S/C12H22N2O2/c15-8-6-12(4-5-12)9-14-11(16)10-3-1-2-7-13-10/h10,13,15H,1-9H2,(H,14,16)/t10-/m1/s1. The van der Waals surface area contributed by atoms with E-state index >= 15 is 0 Å². The van der Waals surface area contributed by atoms with Gasteiger partial charge in [0.25, 0.3) is 0 Å². The zero-order chi connectivity index (χ0) is 11.4. The summed E-state index contributed by atoms with van der Waals surface area (Å²) in [5.41, 5.74) is 0.221.